The lowest BCUT2D eigenvalue weighted by atomic mass is 9.94. The van der Waals surface area contributed by atoms with Crippen LogP contribution >= 0.6 is 0 Å². The smallest absolute Gasteiger partial charge is 0.223 e. The molecular weight excluding hydrogens is 312 g/mol. The summed E-state index contributed by atoms with van der Waals surface area (Å²) in [5.74, 6) is 0.293. The van der Waals surface area contributed by atoms with E-state index < -0.39 is 0 Å². The molecule has 5 heteroatoms. The normalized spacial score (nSPS) is 17.6. The van der Waals surface area contributed by atoms with E-state index in [4.69, 9.17) is 0 Å². The standard InChI is InChI=1S/C20H28N4O/c1-16(2)24-11-8-18(9-12-24)20(25)22-19(14-23-13-10-21-15-23)17-6-4-3-5-7-17/h3-7,10,13,15-16,18-19H,8-9,11-12,14H2,1-2H3,(H,22,25)/t19-/m0/s1. The summed E-state index contributed by atoms with van der Waals surface area (Å²) in [6.07, 6.45) is 7.38. The lowest BCUT2D eigenvalue weighted by molar-refractivity contribution is -0.127. The van der Waals surface area contributed by atoms with Gasteiger partial charge in [0.05, 0.1) is 12.4 Å². The average Bonchev–Trinajstić information content (AvgIpc) is 3.15. The Morgan fingerprint density at radius 3 is 2.56 bits per heavy atom. The van der Waals surface area contributed by atoms with E-state index in [0.717, 1.165) is 31.5 Å². The first-order valence-corrected chi connectivity index (χ1v) is 9.18. The molecule has 1 aromatic carbocycles. The Hall–Kier alpha value is -2.14. The lowest BCUT2D eigenvalue weighted by Gasteiger charge is -2.34. The number of carbonyl (C=O) groups is 1. The minimum absolute atomic E-state index is 0.0361. The maximum absolute atomic E-state index is 12.8. The maximum Gasteiger partial charge on any atom is 0.223 e. The first kappa shape index (κ1) is 17.7. The average molecular weight is 340 g/mol. The number of imidazole rings is 1. The molecule has 0 saturated carbocycles. The molecular formula is C20H28N4O. The molecule has 5 nitrogen and oxygen atoms in total. The number of hydrogen-bond acceptors (Lipinski definition) is 3. The van der Waals surface area contributed by atoms with Gasteiger partial charge in [-0.25, -0.2) is 4.98 Å². The van der Waals surface area contributed by atoms with Gasteiger partial charge in [-0.2, -0.15) is 0 Å². The number of carbonyl (C=O) groups excluding carboxylic acids is 1. The van der Waals surface area contributed by atoms with E-state index in [9.17, 15) is 4.79 Å². The molecule has 3 rings (SSSR count). The Morgan fingerprint density at radius 2 is 1.96 bits per heavy atom. The van der Waals surface area contributed by atoms with Crippen molar-refractivity contribution in [1.29, 1.82) is 0 Å². The van der Waals surface area contributed by atoms with Crippen LogP contribution in [0.5, 0.6) is 0 Å². The van der Waals surface area contributed by atoms with Crippen LogP contribution in [0.15, 0.2) is 49.1 Å². The summed E-state index contributed by atoms with van der Waals surface area (Å²) in [7, 11) is 0. The molecule has 0 unspecified atom stereocenters. The summed E-state index contributed by atoms with van der Waals surface area (Å²) in [4.78, 5) is 19.4. The highest BCUT2D eigenvalue weighted by molar-refractivity contribution is 5.79. The fraction of sp³-hybridized carbons (Fsp3) is 0.500. The number of nitrogens with zero attached hydrogens (tertiary/aromatic N) is 3. The first-order valence-electron chi connectivity index (χ1n) is 9.18. The second-order valence-corrected chi connectivity index (χ2v) is 7.14. The summed E-state index contributed by atoms with van der Waals surface area (Å²) in [5.41, 5.74) is 1.13. The van der Waals surface area contributed by atoms with E-state index in [1.54, 1.807) is 12.5 Å². The predicted octanol–water partition coefficient (Wildman–Crippen LogP) is 2.86. The van der Waals surface area contributed by atoms with Gasteiger partial charge in [-0.3, -0.25) is 4.79 Å². The van der Waals surface area contributed by atoms with Gasteiger partial charge >= 0.3 is 0 Å². The number of nitrogens with one attached hydrogen (secondary N) is 1. The number of hydrogen-bond donors (Lipinski definition) is 1. The van der Waals surface area contributed by atoms with Crippen molar-refractivity contribution in [2.45, 2.75) is 45.3 Å². The molecule has 0 bridgehead atoms. The number of piperidine rings is 1. The minimum Gasteiger partial charge on any atom is -0.347 e. The van der Waals surface area contributed by atoms with E-state index in [2.05, 4.69) is 41.2 Å². The van der Waals surface area contributed by atoms with Crippen LogP contribution in [0.3, 0.4) is 0 Å². The molecule has 0 spiro atoms. The molecule has 0 aliphatic carbocycles. The number of likely N-dealkylation sites (tertiary alicyclic amines) is 1. The van der Waals surface area contributed by atoms with Crippen LogP contribution in [0.1, 0.15) is 38.3 Å². The molecule has 1 saturated heterocycles. The summed E-state index contributed by atoms with van der Waals surface area (Å²) >= 11 is 0. The number of benzene rings is 1. The number of aromatic nitrogens is 2. The molecule has 1 N–H and O–H groups in total. The van der Waals surface area contributed by atoms with E-state index >= 15 is 0 Å². The van der Waals surface area contributed by atoms with Gasteiger partial charge in [-0.1, -0.05) is 30.3 Å². The van der Waals surface area contributed by atoms with Crippen molar-refractivity contribution in [3.05, 3.63) is 54.6 Å². The molecule has 1 amide bonds. The zero-order valence-corrected chi connectivity index (χ0v) is 15.1. The van der Waals surface area contributed by atoms with Crippen LogP contribution in [0.25, 0.3) is 0 Å². The highest BCUT2D eigenvalue weighted by Crippen LogP contribution is 2.22. The van der Waals surface area contributed by atoms with Crippen LogP contribution < -0.4 is 5.32 Å². The van der Waals surface area contributed by atoms with Crippen LogP contribution in [0, 0.1) is 5.92 Å². The molecule has 1 fully saturated rings. The summed E-state index contributed by atoms with van der Waals surface area (Å²) in [6.45, 7) is 7.15. The Kier molecular flexibility index (Phi) is 5.87. The SMILES string of the molecule is CC(C)N1CCC(C(=O)N[C@@H](Cn2ccnc2)c2ccccc2)CC1. The molecule has 134 valence electrons. The van der Waals surface area contributed by atoms with E-state index in [-0.39, 0.29) is 17.9 Å². The summed E-state index contributed by atoms with van der Waals surface area (Å²) in [5, 5.41) is 3.28. The molecule has 0 radical (unpaired) electrons. The Balaban J connectivity index is 1.65. The van der Waals surface area contributed by atoms with Gasteiger partial charge in [0.1, 0.15) is 0 Å². The van der Waals surface area contributed by atoms with Gasteiger partial charge in [0.2, 0.25) is 5.91 Å². The highest BCUT2D eigenvalue weighted by atomic mass is 16.2. The van der Waals surface area contributed by atoms with Crippen LogP contribution in [-0.4, -0.2) is 39.5 Å². The zero-order valence-electron chi connectivity index (χ0n) is 15.1. The maximum atomic E-state index is 12.8. The summed E-state index contributed by atoms with van der Waals surface area (Å²) in [6, 6.07) is 10.7. The fourth-order valence-corrected chi connectivity index (χ4v) is 3.49. The zero-order chi connectivity index (χ0) is 17.6. The van der Waals surface area contributed by atoms with Crippen LogP contribution in [0.4, 0.5) is 0 Å². The Bertz CT molecular complexity index is 646. The molecule has 1 aliphatic heterocycles. The van der Waals surface area contributed by atoms with Gasteiger partial charge in [-0.15, -0.1) is 0 Å². The van der Waals surface area contributed by atoms with Crippen LogP contribution in [-0.2, 0) is 11.3 Å². The molecule has 25 heavy (non-hydrogen) atoms. The van der Waals surface area contributed by atoms with Crippen molar-refractivity contribution in [3.8, 4) is 0 Å². The third-order valence-electron chi connectivity index (χ3n) is 5.10. The van der Waals surface area contributed by atoms with Crippen molar-refractivity contribution in [2.24, 2.45) is 5.92 Å². The number of amides is 1. The highest BCUT2D eigenvalue weighted by Gasteiger charge is 2.27. The monoisotopic (exact) mass is 340 g/mol. The Labute approximate surface area is 150 Å². The second-order valence-electron chi connectivity index (χ2n) is 7.14. The largest absolute Gasteiger partial charge is 0.347 e. The minimum atomic E-state index is -0.0361. The molecule has 1 atom stereocenters. The van der Waals surface area contributed by atoms with Crippen molar-refractivity contribution in [3.63, 3.8) is 0 Å². The van der Waals surface area contributed by atoms with Crippen molar-refractivity contribution < 1.29 is 4.79 Å². The quantitative estimate of drug-likeness (QED) is 0.880. The van der Waals surface area contributed by atoms with E-state index in [0.29, 0.717) is 12.6 Å². The van der Waals surface area contributed by atoms with Crippen molar-refractivity contribution in [1.82, 2.24) is 19.8 Å². The predicted molar refractivity (Wildman–Crippen MR) is 99.0 cm³/mol. The molecule has 2 aromatic rings. The first-order chi connectivity index (χ1) is 12.1. The second kappa shape index (κ2) is 8.30. The van der Waals surface area contributed by atoms with Gasteiger partial charge < -0.3 is 14.8 Å². The van der Waals surface area contributed by atoms with Gasteiger partial charge in [-0.05, 0) is 45.3 Å². The summed E-state index contributed by atoms with van der Waals surface area (Å²) < 4.78 is 2.01. The Morgan fingerprint density at radius 1 is 1.24 bits per heavy atom. The van der Waals surface area contributed by atoms with Gasteiger partial charge in [0.15, 0.2) is 0 Å². The molecule has 1 aliphatic rings. The van der Waals surface area contributed by atoms with Crippen LogP contribution in [0.2, 0.25) is 0 Å². The van der Waals surface area contributed by atoms with E-state index in [1.165, 1.54) is 0 Å². The third-order valence-corrected chi connectivity index (χ3v) is 5.10. The van der Waals surface area contributed by atoms with Crippen molar-refractivity contribution in [2.75, 3.05) is 13.1 Å². The molecule has 2 heterocycles. The number of rotatable bonds is 6. The van der Waals surface area contributed by atoms with E-state index in [1.807, 2.05) is 29.0 Å². The van der Waals surface area contributed by atoms with Gasteiger partial charge in [0.25, 0.3) is 0 Å². The van der Waals surface area contributed by atoms with Gasteiger partial charge in [0, 0.05) is 30.9 Å². The molecule has 1 aromatic heterocycles. The topological polar surface area (TPSA) is 50.2 Å². The fourth-order valence-electron chi connectivity index (χ4n) is 3.49. The third kappa shape index (κ3) is 4.69. The lowest BCUT2D eigenvalue weighted by Crippen LogP contribution is -2.44. The van der Waals surface area contributed by atoms with Crippen molar-refractivity contribution >= 4 is 5.91 Å².